The molecule has 1 aliphatic heterocycles. The van der Waals surface area contributed by atoms with Crippen LogP contribution in [0.1, 0.15) is 39.8 Å². The van der Waals surface area contributed by atoms with Crippen LogP contribution in [0.15, 0.2) is 21.9 Å². The van der Waals surface area contributed by atoms with E-state index in [9.17, 15) is 14.4 Å². The zero-order valence-electron chi connectivity index (χ0n) is 13.2. The first-order chi connectivity index (χ1) is 10.3. The summed E-state index contributed by atoms with van der Waals surface area (Å²) in [7, 11) is 1.00. The highest BCUT2D eigenvalue weighted by molar-refractivity contribution is 5.75. The molecule has 1 saturated heterocycles. The third kappa shape index (κ3) is 4.81. The number of carbonyl (C=O) groups excluding carboxylic acids is 1. The first-order valence-corrected chi connectivity index (χ1v) is 6.91. The van der Waals surface area contributed by atoms with Crippen LogP contribution in [0.25, 0.3) is 0 Å². The van der Waals surface area contributed by atoms with E-state index in [1.54, 1.807) is 20.8 Å². The van der Waals surface area contributed by atoms with Crippen molar-refractivity contribution < 1.29 is 19.4 Å². The average molecular weight is 314 g/mol. The number of aliphatic hydroxyl groups is 1. The predicted molar refractivity (Wildman–Crippen MR) is 78.5 cm³/mol. The molecule has 0 amide bonds. The lowest BCUT2D eigenvalue weighted by atomic mass is 10.2. The third-order valence-corrected chi connectivity index (χ3v) is 2.83. The summed E-state index contributed by atoms with van der Waals surface area (Å²) < 4.78 is 12.1. The van der Waals surface area contributed by atoms with E-state index in [0.29, 0.717) is 12.8 Å². The van der Waals surface area contributed by atoms with E-state index in [4.69, 9.17) is 14.6 Å². The summed E-state index contributed by atoms with van der Waals surface area (Å²) in [5, 5.41) is 7.00. The predicted octanol–water partition coefficient (Wildman–Crippen LogP) is 0.164. The molecular weight excluding hydrogens is 292 g/mol. The molecule has 124 valence electrons. The lowest BCUT2D eigenvalue weighted by molar-refractivity contribution is -0.169. The summed E-state index contributed by atoms with van der Waals surface area (Å²) in [5.74, 6) is -0.433. The average Bonchev–Trinajstić information content (AvgIpc) is 2.88. The Morgan fingerprint density at radius 3 is 2.55 bits per heavy atom. The Morgan fingerprint density at radius 2 is 2.00 bits per heavy atom. The molecule has 0 aromatic carbocycles. The van der Waals surface area contributed by atoms with Crippen LogP contribution in [0.3, 0.4) is 0 Å². The van der Waals surface area contributed by atoms with Gasteiger partial charge in [-0.25, -0.2) is 9.59 Å². The van der Waals surface area contributed by atoms with Gasteiger partial charge in [-0.3, -0.25) is 14.3 Å². The molecule has 8 nitrogen and oxygen atoms in total. The molecule has 1 aliphatic rings. The van der Waals surface area contributed by atoms with E-state index in [1.807, 2.05) is 0 Å². The molecule has 1 aromatic heterocycles. The number of nitrogens with one attached hydrogen (secondary N) is 1. The lowest BCUT2D eigenvalue weighted by Crippen LogP contribution is -2.34. The van der Waals surface area contributed by atoms with Crippen molar-refractivity contribution in [3.63, 3.8) is 0 Å². The van der Waals surface area contributed by atoms with E-state index >= 15 is 0 Å². The summed E-state index contributed by atoms with van der Waals surface area (Å²) >= 11 is 0. The largest absolute Gasteiger partial charge is 0.458 e. The number of nitrogens with zero attached hydrogens (tertiary/aromatic N) is 1. The molecule has 2 heterocycles. The van der Waals surface area contributed by atoms with Crippen molar-refractivity contribution in [2.24, 2.45) is 0 Å². The number of esters is 1. The van der Waals surface area contributed by atoms with Crippen molar-refractivity contribution in [2.45, 2.75) is 51.5 Å². The lowest BCUT2D eigenvalue weighted by Gasteiger charge is -2.22. The highest BCUT2D eigenvalue weighted by Crippen LogP contribution is 2.28. The molecule has 1 fully saturated rings. The zero-order chi connectivity index (χ0) is 16.9. The number of hydrogen-bond acceptors (Lipinski definition) is 6. The highest BCUT2D eigenvalue weighted by atomic mass is 16.6. The van der Waals surface area contributed by atoms with Gasteiger partial charge in [0.15, 0.2) is 6.10 Å². The number of H-pyrrole nitrogens is 1. The summed E-state index contributed by atoms with van der Waals surface area (Å²) in [4.78, 5) is 36.7. The van der Waals surface area contributed by atoms with Gasteiger partial charge < -0.3 is 14.6 Å². The van der Waals surface area contributed by atoms with Crippen LogP contribution in [-0.2, 0) is 14.3 Å². The minimum atomic E-state index is -0.682. The molecule has 2 unspecified atom stereocenters. The van der Waals surface area contributed by atoms with Gasteiger partial charge >= 0.3 is 11.7 Å². The minimum absolute atomic E-state index is 0.433. The number of aromatic amines is 1. The molecule has 2 N–H and O–H groups in total. The van der Waals surface area contributed by atoms with Gasteiger partial charge in [0, 0.05) is 19.4 Å². The number of carbonyl (C=O) groups is 1. The molecule has 0 spiro atoms. The Morgan fingerprint density at radius 1 is 1.36 bits per heavy atom. The summed E-state index contributed by atoms with van der Waals surface area (Å²) in [5.41, 5.74) is -1.59. The second kappa shape index (κ2) is 7.37. The fourth-order valence-electron chi connectivity index (χ4n) is 2.02. The quantitative estimate of drug-likeness (QED) is 0.753. The van der Waals surface area contributed by atoms with E-state index in [-0.39, 0.29) is 0 Å². The SMILES string of the molecule is CC(C)(C)OC(=O)C1CCC(n2ccc(=O)[nH]c2=O)O1.CO. The van der Waals surface area contributed by atoms with Crippen LogP contribution in [-0.4, -0.2) is 39.4 Å². The van der Waals surface area contributed by atoms with E-state index in [1.165, 1.54) is 16.8 Å². The van der Waals surface area contributed by atoms with E-state index < -0.39 is 35.2 Å². The van der Waals surface area contributed by atoms with Gasteiger partial charge in [-0.1, -0.05) is 0 Å². The van der Waals surface area contributed by atoms with Crippen LogP contribution in [0, 0.1) is 0 Å². The van der Waals surface area contributed by atoms with Crippen LogP contribution < -0.4 is 11.2 Å². The molecule has 0 bridgehead atoms. The number of hydrogen-bond donors (Lipinski definition) is 2. The van der Waals surface area contributed by atoms with Gasteiger partial charge in [-0.2, -0.15) is 0 Å². The van der Waals surface area contributed by atoms with Crippen molar-refractivity contribution in [3.8, 4) is 0 Å². The minimum Gasteiger partial charge on any atom is -0.458 e. The molecule has 22 heavy (non-hydrogen) atoms. The van der Waals surface area contributed by atoms with Crippen molar-refractivity contribution in [1.29, 1.82) is 0 Å². The topological polar surface area (TPSA) is 111 Å². The first kappa shape index (κ1) is 18.1. The summed E-state index contributed by atoms with van der Waals surface area (Å²) in [6.45, 7) is 5.34. The van der Waals surface area contributed by atoms with Crippen LogP contribution >= 0.6 is 0 Å². The van der Waals surface area contributed by atoms with Crippen LogP contribution in [0.2, 0.25) is 0 Å². The van der Waals surface area contributed by atoms with Gasteiger partial charge in [0.2, 0.25) is 0 Å². The molecule has 2 atom stereocenters. The smallest absolute Gasteiger partial charge is 0.335 e. The zero-order valence-corrected chi connectivity index (χ0v) is 13.2. The molecule has 2 rings (SSSR count). The Kier molecular flexibility index (Phi) is 6.07. The number of ether oxygens (including phenoxy) is 2. The van der Waals surface area contributed by atoms with E-state index in [0.717, 1.165) is 7.11 Å². The van der Waals surface area contributed by atoms with Gasteiger partial charge in [0.25, 0.3) is 5.56 Å². The molecule has 0 aliphatic carbocycles. The van der Waals surface area contributed by atoms with Crippen molar-refractivity contribution >= 4 is 5.97 Å². The van der Waals surface area contributed by atoms with Gasteiger partial charge in [-0.05, 0) is 33.6 Å². The number of rotatable bonds is 2. The maximum Gasteiger partial charge on any atom is 0.335 e. The second-order valence-corrected chi connectivity index (χ2v) is 5.71. The number of aromatic nitrogens is 2. The second-order valence-electron chi connectivity index (χ2n) is 5.71. The third-order valence-electron chi connectivity index (χ3n) is 2.83. The van der Waals surface area contributed by atoms with Crippen LogP contribution in [0.4, 0.5) is 0 Å². The Balaban J connectivity index is 0.00000116. The molecule has 8 heteroatoms. The fraction of sp³-hybridized carbons (Fsp3) is 0.643. The highest BCUT2D eigenvalue weighted by Gasteiger charge is 2.35. The van der Waals surface area contributed by atoms with Gasteiger partial charge in [-0.15, -0.1) is 0 Å². The molecule has 0 radical (unpaired) electrons. The van der Waals surface area contributed by atoms with Crippen molar-refractivity contribution in [2.75, 3.05) is 7.11 Å². The normalized spacial score (nSPS) is 21.0. The van der Waals surface area contributed by atoms with Gasteiger partial charge in [0.05, 0.1) is 0 Å². The molecular formula is C14H22N2O6. The maximum absolute atomic E-state index is 11.9. The Labute approximate surface area is 127 Å². The van der Waals surface area contributed by atoms with E-state index in [2.05, 4.69) is 4.98 Å². The van der Waals surface area contributed by atoms with Gasteiger partial charge in [0.1, 0.15) is 11.8 Å². The van der Waals surface area contributed by atoms with Crippen LogP contribution in [0.5, 0.6) is 0 Å². The Hall–Kier alpha value is -1.93. The monoisotopic (exact) mass is 314 g/mol. The van der Waals surface area contributed by atoms with Crippen molar-refractivity contribution in [3.05, 3.63) is 33.1 Å². The van der Waals surface area contributed by atoms with Crippen molar-refractivity contribution in [1.82, 2.24) is 9.55 Å². The standard InChI is InChI=1S/C13H18N2O5.CH4O/c1-13(2,3)20-11(17)8-4-5-10(19-8)15-7-6-9(16)14-12(15)18;1-2/h6-8,10H,4-5H2,1-3H3,(H,14,16,18);2H,1H3. The molecule has 0 saturated carbocycles. The Bertz CT molecular complexity index is 613. The number of aliphatic hydroxyl groups excluding tert-OH is 1. The molecule has 1 aromatic rings. The maximum atomic E-state index is 11.9. The summed E-state index contributed by atoms with van der Waals surface area (Å²) in [6, 6.07) is 1.24. The first-order valence-electron chi connectivity index (χ1n) is 6.91. The fourth-order valence-corrected chi connectivity index (χ4v) is 2.02. The summed E-state index contributed by atoms with van der Waals surface area (Å²) in [6.07, 6.45) is 1.11.